The van der Waals surface area contributed by atoms with Crippen molar-refractivity contribution in [3.8, 4) is 0 Å². The molecule has 0 spiro atoms. The summed E-state index contributed by atoms with van der Waals surface area (Å²) < 4.78 is 5.16. The van der Waals surface area contributed by atoms with Gasteiger partial charge in [0.25, 0.3) is 0 Å². The molecule has 0 N–H and O–H groups in total. The predicted octanol–water partition coefficient (Wildman–Crippen LogP) is 2.90. The van der Waals surface area contributed by atoms with E-state index in [-0.39, 0.29) is 4.83 Å². The van der Waals surface area contributed by atoms with Crippen LogP contribution in [-0.2, 0) is 6.42 Å². The zero-order valence-corrected chi connectivity index (χ0v) is 10.5. The third-order valence-electron chi connectivity index (χ3n) is 2.20. The van der Waals surface area contributed by atoms with Gasteiger partial charge >= 0.3 is 0 Å². The summed E-state index contributed by atoms with van der Waals surface area (Å²) in [6, 6.07) is 3.89. The molecule has 4 nitrogen and oxygen atoms in total. The summed E-state index contributed by atoms with van der Waals surface area (Å²) in [6.07, 6.45) is 5.13. The first kappa shape index (κ1) is 11.3. The molecule has 0 aliphatic heterocycles. The Morgan fingerprint density at radius 3 is 3.06 bits per heavy atom. The van der Waals surface area contributed by atoms with Crippen molar-refractivity contribution in [3.05, 3.63) is 41.8 Å². The number of nitrogens with zero attached hydrogens (tertiary/aromatic N) is 3. The molecular weight excluding hydrogens is 270 g/mol. The zero-order valence-electron chi connectivity index (χ0n) is 8.93. The van der Waals surface area contributed by atoms with Crippen molar-refractivity contribution in [1.29, 1.82) is 0 Å². The van der Waals surface area contributed by atoms with Crippen LogP contribution in [0, 0.1) is 0 Å². The first-order valence-corrected chi connectivity index (χ1v) is 6.06. The van der Waals surface area contributed by atoms with Crippen molar-refractivity contribution in [2.75, 3.05) is 0 Å². The highest BCUT2D eigenvalue weighted by Gasteiger charge is 2.13. The van der Waals surface area contributed by atoms with Crippen LogP contribution >= 0.6 is 15.9 Å². The van der Waals surface area contributed by atoms with Crippen molar-refractivity contribution < 1.29 is 4.52 Å². The van der Waals surface area contributed by atoms with Crippen molar-refractivity contribution in [1.82, 2.24) is 15.1 Å². The van der Waals surface area contributed by atoms with Gasteiger partial charge in [0.2, 0.25) is 5.89 Å². The number of alkyl halides is 1. The molecule has 0 aliphatic rings. The van der Waals surface area contributed by atoms with Gasteiger partial charge in [-0.2, -0.15) is 4.98 Å². The minimum Gasteiger partial charge on any atom is -0.338 e. The van der Waals surface area contributed by atoms with E-state index in [1.165, 1.54) is 0 Å². The predicted molar refractivity (Wildman–Crippen MR) is 63.3 cm³/mol. The van der Waals surface area contributed by atoms with Gasteiger partial charge < -0.3 is 4.52 Å². The number of rotatable bonds is 4. The normalized spacial score (nSPS) is 12.6. The van der Waals surface area contributed by atoms with Gasteiger partial charge in [0.15, 0.2) is 5.82 Å². The van der Waals surface area contributed by atoms with E-state index < -0.39 is 0 Å². The molecule has 16 heavy (non-hydrogen) atoms. The van der Waals surface area contributed by atoms with Gasteiger partial charge in [-0.05, 0) is 18.1 Å². The highest BCUT2D eigenvalue weighted by Crippen LogP contribution is 2.24. The van der Waals surface area contributed by atoms with E-state index in [9.17, 15) is 0 Å². The van der Waals surface area contributed by atoms with Crippen molar-refractivity contribution in [2.45, 2.75) is 24.6 Å². The standard InChI is InChI=1S/C11H12BrN3O/c1-2-9(12)11-14-10(15-16-11)6-8-4-3-5-13-7-8/h3-5,7,9H,2,6H2,1H3. The summed E-state index contributed by atoms with van der Waals surface area (Å²) in [5, 5.41) is 3.94. The summed E-state index contributed by atoms with van der Waals surface area (Å²) in [5.41, 5.74) is 1.08. The molecule has 1 atom stereocenters. The zero-order chi connectivity index (χ0) is 11.4. The minimum absolute atomic E-state index is 0.141. The number of aromatic nitrogens is 3. The van der Waals surface area contributed by atoms with Gasteiger partial charge in [-0.3, -0.25) is 4.98 Å². The molecule has 2 heterocycles. The molecule has 5 heteroatoms. The molecule has 0 aliphatic carbocycles. The molecule has 0 amide bonds. The second-order valence-electron chi connectivity index (χ2n) is 3.46. The second kappa shape index (κ2) is 5.21. The molecule has 2 aromatic rings. The summed E-state index contributed by atoms with van der Waals surface area (Å²) in [5.74, 6) is 1.34. The Morgan fingerprint density at radius 1 is 1.50 bits per heavy atom. The fraction of sp³-hybridized carbons (Fsp3) is 0.364. The van der Waals surface area contributed by atoms with Crippen LogP contribution in [-0.4, -0.2) is 15.1 Å². The summed E-state index contributed by atoms with van der Waals surface area (Å²) in [7, 11) is 0. The van der Waals surface area contributed by atoms with Crippen molar-refractivity contribution in [2.24, 2.45) is 0 Å². The van der Waals surface area contributed by atoms with E-state index in [1.807, 2.05) is 18.3 Å². The molecule has 0 radical (unpaired) electrons. The fourth-order valence-electron chi connectivity index (χ4n) is 1.33. The second-order valence-corrected chi connectivity index (χ2v) is 4.57. The van der Waals surface area contributed by atoms with Crippen LogP contribution < -0.4 is 0 Å². The average Bonchev–Trinajstić information content (AvgIpc) is 2.78. The molecule has 0 fully saturated rings. The molecule has 0 saturated heterocycles. The van der Waals surface area contributed by atoms with E-state index in [0.29, 0.717) is 18.1 Å². The van der Waals surface area contributed by atoms with E-state index >= 15 is 0 Å². The lowest BCUT2D eigenvalue weighted by molar-refractivity contribution is 0.372. The van der Waals surface area contributed by atoms with E-state index in [2.05, 4.69) is 38.0 Å². The highest BCUT2D eigenvalue weighted by molar-refractivity contribution is 9.09. The fourth-order valence-corrected chi connectivity index (χ4v) is 1.51. The van der Waals surface area contributed by atoms with Crippen LogP contribution in [0.1, 0.15) is 35.5 Å². The summed E-state index contributed by atoms with van der Waals surface area (Å²) in [6.45, 7) is 2.06. The van der Waals surface area contributed by atoms with Crippen LogP contribution in [0.2, 0.25) is 0 Å². The summed E-state index contributed by atoms with van der Waals surface area (Å²) >= 11 is 3.48. The maximum Gasteiger partial charge on any atom is 0.240 e. The molecule has 1 unspecified atom stereocenters. The monoisotopic (exact) mass is 281 g/mol. The van der Waals surface area contributed by atoms with Gasteiger partial charge in [0.1, 0.15) is 0 Å². The lowest BCUT2D eigenvalue weighted by Crippen LogP contribution is -1.92. The molecular formula is C11H12BrN3O. The van der Waals surface area contributed by atoms with Gasteiger partial charge in [-0.1, -0.05) is 34.1 Å². The first-order chi connectivity index (χ1) is 7.79. The molecule has 0 saturated carbocycles. The Kier molecular flexibility index (Phi) is 3.66. The number of hydrogen-bond acceptors (Lipinski definition) is 4. The maximum atomic E-state index is 5.16. The quantitative estimate of drug-likeness (QED) is 0.809. The molecule has 0 bridgehead atoms. The van der Waals surface area contributed by atoms with Gasteiger partial charge in [0.05, 0.1) is 4.83 Å². The van der Waals surface area contributed by atoms with E-state index in [0.717, 1.165) is 12.0 Å². The largest absolute Gasteiger partial charge is 0.338 e. The van der Waals surface area contributed by atoms with E-state index in [4.69, 9.17) is 4.52 Å². The Labute approximate surface area is 102 Å². The van der Waals surface area contributed by atoms with Crippen molar-refractivity contribution in [3.63, 3.8) is 0 Å². The Balaban J connectivity index is 2.09. The minimum atomic E-state index is 0.141. The van der Waals surface area contributed by atoms with Gasteiger partial charge in [-0.25, -0.2) is 0 Å². The Hall–Kier alpha value is -1.23. The van der Waals surface area contributed by atoms with Crippen molar-refractivity contribution >= 4 is 15.9 Å². The first-order valence-electron chi connectivity index (χ1n) is 5.15. The summed E-state index contributed by atoms with van der Waals surface area (Å²) in [4.78, 5) is 8.51. The molecule has 2 rings (SSSR count). The van der Waals surface area contributed by atoms with Gasteiger partial charge in [-0.15, -0.1) is 0 Å². The Bertz CT molecular complexity index is 444. The van der Waals surface area contributed by atoms with Crippen LogP contribution in [0.5, 0.6) is 0 Å². The number of hydrogen-bond donors (Lipinski definition) is 0. The van der Waals surface area contributed by atoms with Crippen LogP contribution in [0.4, 0.5) is 0 Å². The maximum absolute atomic E-state index is 5.16. The lowest BCUT2D eigenvalue weighted by Gasteiger charge is -1.96. The van der Waals surface area contributed by atoms with Crippen LogP contribution in [0.25, 0.3) is 0 Å². The number of pyridine rings is 1. The third-order valence-corrected chi connectivity index (χ3v) is 3.23. The topological polar surface area (TPSA) is 51.8 Å². The highest BCUT2D eigenvalue weighted by atomic mass is 79.9. The molecule has 0 aromatic carbocycles. The lowest BCUT2D eigenvalue weighted by atomic mass is 10.2. The van der Waals surface area contributed by atoms with Gasteiger partial charge in [0, 0.05) is 18.8 Å². The SMILES string of the molecule is CCC(Br)c1nc(Cc2cccnc2)no1. The third kappa shape index (κ3) is 2.66. The Morgan fingerprint density at radius 2 is 2.38 bits per heavy atom. The van der Waals surface area contributed by atoms with Crippen LogP contribution in [0.15, 0.2) is 29.0 Å². The number of halogens is 1. The average molecular weight is 282 g/mol. The van der Waals surface area contributed by atoms with E-state index in [1.54, 1.807) is 6.20 Å². The molecule has 84 valence electrons. The molecule has 2 aromatic heterocycles. The van der Waals surface area contributed by atoms with Crippen LogP contribution in [0.3, 0.4) is 0 Å². The smallest absolute Gasteiger partial charge is 0.240 e.